The number of aliphatic imine (C=N–C) groups is 1. The number of ether oxygens (including phenoxy) is 1. The molecular weight excluding hydrogens is 454 g/mol. The lowest BCUT2D eigenvalue weighted by molar-refractivity contribution is -0.144. The SMILES string of the molecule is CCOC(=O)CC(C)(C)c1cc(-c2sc(N=C(c3ccccc3)c3ccccc3)nc2C)ccn1. The van der Waals surface area contributed by atoms with E-state index in [2.05, 4.69) is 29.2 Å². The van der Waals surface area contributed by atoms with Crippen LogP contribution in [0, 0.1) is 6.92 Å². The molecule has 178 valence electrons. The van der Waals surface area contributed by atoms with Crippen LogP contribution in [0.3, 0.4) is 0 Å². The van der Waals surface area contributed by atoms with Crippen molar-refractivity contribution in [2.75, 3.05) is 6.61 Å². The molecule has 0 bridgehead atoms. The molecule has 4 rings (SSSR count). The number of nitrogens with zero attached hydrogens (tertiary/aromatic N) is 3. The third kappa shape index (κ3) is 5.89. The monoisotopic (exact) mass is 483 g/mol. The molecule has 2 heterocycles. The second-order valence-electron chi connectivity index (χ2n) is 8.90. The van der Waals surface area contributed by atoms with Gasteiger partial charge in [-0.05, 0) is 31.5 Å². The maximum Gasteiger partial charge on any atom is 0.306 e. The number of aromatic nitrogens is 2. The van der Waals surface area contributed by atoms with E-state index in [1.165, 1.54) is 0 Å². The molecule has 0 aliphatic carbocycles. The van der Waals surface area contributed by atoms with Gasteiger partial charge in [-0.2, -0.15) is 0 Å². The number of rotatable bonds is 8. The van der Waals surface area contributed by atoms with Gasteiger partial charge in [0.2, 0.25) is 5.13 Å². The molecule has 6 heteroatoms. The van der Waals surface area contributed by atoms with E-state index in [0.29, 0.717) is 11.7 Å². The van der Waals surface area contributed by atoms with E-state index in [1.54, 1.807) is 17.5 Å². The number of benzene rings is 2. The fourth-order valence-corrected chi connectivity index (χ4v) is 4.83. The summed E-state index contributed by atoms with van der Waals surface area (Å²) in [5, 5.41) is 0.698. The normalized spacial score (nSPS) is 11.2. The van der Waals surface area contributed by atoms with Crippen molar-refractivity contribution in [1.82, 2.24) is 9.97 Å². The zero-order chi connectivity index (χ0) is 24.8. The number of hydrogen-bond acceptors (Lipinski definition) is 6. The number of carbonyl (C=O) groups excluding carboxylic acids is 1. The van der Waals surface area contributed by atoms with E-state index in [-0.39, 0.29) is 12.4 Å². The van der Waals surface area contributed by atoms with Gasteiger partial charge in [-0.3, -0.25) is 9.78 Å². The van der Waals surface area contributed by atoms with E-state index >= 15 is 0 Å². The predicted octanol–water partition coefficient (Wildman–Crippen LogP) is 6.91. The van der Waals surface area contributed by atoms with Crippen LogP contribution in [0.4, 0.5) is 5.13 Å². The third-order valence-corrected chi connectivity index (χ3v) is 6.79. The molecule has 0 saturated heterocycles. The molecule has 0 saturated carbocycles. The van der Waals surface area contributed by atoms with Crippen LogP contribution in [0.5, 0.6) is 0 Å². The Morgan fingerprint density at radius 1 is 1.00 bits per heavy atom. The molecule has 4 aromatic rings. The van der Waals surface area contributed by atoms with Crippen LogP contribution in [0.2, 0.25) is 0 Å². The molecule has 5 nitrogen and oxygen atoms in total. The van der Waals surface area contributed by atoms with Crippen LogP contribution in [0.25, 0.3) is 10.4 Å². The molecule has 0 aliphatic heterocycles. The summed E-state index contributed by atoms with van der Waals surface area (Å²) in [6.45, 7) is 8.21. The minimum atomic E-state index is -0.449. The van der Waals surface area contributed by atoms with Crippen LogP contribution in [-0.4, -0.2) is 28.3 Å². The highest BCUT2D eigenvalue weighted by Gasteiger charge is 2.27. The summed E-state index contributed by atoms with van der Waals surface area (Å²) in [7, 11) is 0. The average molecular weight is 484 g/mol. The lowest BCUT2D eigenvalue weighted by Crippen LogP contribution is -2.24. The van der Waals surface area contributed by atoms with E-state index < -0.39 is 5.41 Å². The molecule has 0 spiro atoms. The number of carbonyl (C=O) groups is 1. The second kappa shape index (κ2) is 10.7. The predicted molar refractivity (Wildman–Crippen MR) is 143 cm³/mol. The van der Waals surface area contributed by atoms with Gasteiger partial charge < -0.3 is 4.74 Å². The summed E-state index contributed by atoms with van der Waals surface area (Å²) in [5.74, 6) is -0.218. The lowest BCUT2D eigenvalue weighted by Gasteiger charge is -2.23. The van der Waals surface area contributed by atoms with Gasteiger partial charge in [-0.1, -0.05) is 85.8 Å². The summed E-state index contributed by atoms with van der Waals surface area (Å²) in [6, 6.07) is 24.3. The Labute approximate surface area is 210 Å². The molecule has 0 radical (unpaired) electrons. The first-order valence-corrected chi connectivity index (χ1v) is 12.5. The van der Waals surface area contributed by atoms with Crippen molar-refractivity contribution in [2.45, 2.75) is 39.5 Å². The molecule has 0 amide bonds. The summed E-state index contributed by atoms with van der Waals surface area (Å²) < 4.78 is 5.16. The highest BCUT2D eigenvalue weighted by molar-refractivity contribution is 7.18. The molecule has 35 heavy (non-hydrogen) atoms. The highest BCUT2D eigenvalue weighted by Crippen LogP contribution is 2.37. The van der Waals surface area contributed by atoms with Gasteiger partial charge in [-0.25, -0.2) is 9.98 Å². The molecule has 0 aliphatic rings. The van der Waals surface area contributed by atoms with Crippen molar-refractivity contribution in [3.63, 3.8) is 0 Å². The number of pyridine rings is 1. The average Bonchev–Trinajstić information content (AvgIpc) is 3.23. The number of thiazole rings is 1. The quantitative estimate of drug-likeness (QED) is 0.202. The van der Waals surface area contributed by atoms with E-state index in [0.717, 1.165) is 38.7 Å². The molecular formula is C29H29N3O2S. The largest absolute Gasteiger partial charge is 0.466 e. The molecule has 0 unspecified atom stereocenters. The van der Waals surface area contributed by atoms with Crippen molar-refractivity contribution in [2.24, 2.45) is 4.99 Å². The van der Waals surface area contributed by atoms with E-state index in [4.69, 9.17) is 14.7 Å². The van der Waals surface area contributed by atoms with Crippen LogP contribution in [0.15, 0.2) is 84.0 Å². The summed E-state index contributed by atoms with van der Waals surface area (Å²) in [4.78, 5) is 27.5. The third-order valence-electron chi connectivity index (χ3n) is 5.69. The fourth-order valence-electron chi connectivity index (χ4n) is 3.89. The zero-order valence-electron chi connectivity index (χ0n) is 20.5. The van der Waals surface area contributed by atoms with Gasteiger partial charge in [0.25, 0.3) is 0 Å². The van der Waals surface area contributed by atoms with Crippen molar-refractivity contribution in [3.05, 3.63) is 102 Å². The summed E-state index contributed by atoms with van der Waals surface area (Å²) >= 11 is 1.55. The maximum atomic E-state index is 12.1. The van der Waals surface area contributed by atoms with Crippen molar-refractivity contribution in [3.8, 4) is 10.4 Å². The molecule has 2 aromatic heterocycles. The van der Waals surface area contributed by atoms with E-state index in [1.807, 2.05) is 76.2 Å². The summed E-state index contributed by atoms with van der Waals surface area (Å²) in [6.07, 6.45) is 2.06. The first-order chi connectivity index (χ1) is 16.9. The standard InChI is InChI=1S/C29H29N3O2S/c1-5-34-25(33)19-29(3,4)24-18-23(16-17-30-24)27-20(2)31-28(35-27)32-26(21-12-8-6-9-13-21)22-14-10-7-11-15-22/h6-18H,5,19H2,1-4H3. The molecule has 2 aromatic carbocycles. The van der Waals surface area contributed by atoms with Gasteiger partial charge in [0.15, 0.2) is 0 Å². The Kier molecular flexibility index (Phi) is 7.51. The lowest BCUT2D eigenvalue weighted by atomic mass is 9.84. The van der Waals surface area contributed by atoms with Gasteiger partial charge in [-0.15, -0.1) is 0 Å². The Morgan fingerprint density at radius 2 is 1.63 bits per heavy atom. The second-order valence-corrected chi connectivity index (χ2v) is 9.88. The van der Waals surface area contributed by atoms with Crippen LogP contribution >= 0.6 is 11.3 Å². The van der Waals surface area contributed by atoms with Crippen molar-refractivity contribution >= 4 is 28.1 Å². The topological polar surface area (TPSA) is 64.4 Å². The highest BCUT2D eigenvalue weighted by atomic mass is 32.1. The Morgan fingerprint density at radius 3 is 2.23 bits per heavy atom. The zero-order valence-corrected chi connectivity index (χ0v) is 21.3. The first-order valence-electron chi connectivity index (χ1n) is 11.7. The number of esters is 1. The Bertz CT molecular complexity index is 1290. The first kappa shape index (κ1) is 24.5. The summed E-state index contributed by atoms with van der Waals surface area (Å²) in [5.41, 5.74) is 5.29. The van der Waals surface area contributed by atoms with Gasteiger partial charge in [0, 0.05) is 28.4 Å². The van der Waals surface area contributed by atoms with Gasteiger partial charge in [0.1, 0.15) is 0 Å². The Balaban J connectivity index is 1.70. The smallest absolute Gasteiger partial charge is 0.306 e. The minimum absolute atomic E-state index is 0.218. The minimum Gasteiger partial charge on any atom is -0.466 e. The Hall–Kier alpha value is -3.64. The van der Waals surface area contributed by atoms with Gasteiger partial charge in [0.05, 0.1) is 29.3 Å². The van der Waals surface area contributed by atoms with Gasteiger partial charge >= 0.3 is 5.97 Å². The molecule has 0 N–H and O–H groups in total. The number of hydrogen-bond donors (Lipinski definition) is 0. The maximum absolute atomic E-state index is 12.1. The van der Waals surface area contributed by atoms with E-state index in [9.17, 15) is 4.79 Å². The van der Waals surface area contributed by atoms with Crippen molar-refractivity contribution < 1.29 is 9.53 Å². The van der Waals surface area contributed by atoms with Crippen LogP contribution < -0.4 is 0 Å². The number of aryl methyl sites for hydroxylation is 1. The molecule has 0 atom stereocenters. The van der Waals surface area contributed by atoms with Crippen molar-refractivity contribution in [1.29, 1.82) is 0 Å². The van der Waals surface area contributed by atoms with Crippen LogP contribution in [0.1, 0.15) is 49.7 Å². The molecule has 0 fully saturated rings. The fraction of sp³-hybridized carbons (Fsp3) is 0.241. The van der Waals surface area contributed by atoms with Crippen LogP contribution in [-0.2, 0) is 14.9 Å².